The highest BCUT2D eigenvalue weighted by atomic mass is 79.9. The lowest BCUT2D eigenvalue weighted by atomic mass is 10.2. The molecule has 0 atom stereocenters. The van der Waals surface area contributed by atoms with Crippen molar-refractivity contribution in [3.05, 3.63) is 70.1 Å². The summed E-state index contributed by atoms with van der Waals surface area (Å²) >= 11 is 9.23. The van der Waals surface area contributed by atoms with Gasteiger partial charge in [-0.1, -0.05) is 27.5 Å². The normalized spacial score (nSPS) is 10.6. The highest BCUT2D eigenvalue weighted by Gasteiger charge is 2.09. The zero-order chi connectivity index (χ0) is 16.9. The van der Waals surface area contributed by atoms with Crippen LogP contribution in [0.25, 0.3) is 11.3 Å². The molecule has 0 bridgehead atoms. The van der Waals surface area contributed by atoms with Crippen LogP contribution in [-0.2, 0) is 11.2 Å². The molecule has 0 saturated carbocycles. The Balaban J connectivity index is 1.56. The van der Waals surface area contributed by atoms with Crippen molar-refractivity contribution in [2.24, 2.45) is 0 Å². The number of hydrogen-bond donors (Lipinski definition) is 1. The third kappa shape index (κ3) is 4.46. The molecule has 3 aromatic rings. The van der Waals surface area contributed by atoms with Crippen LogP contribution in [-0.4, -0.2) is 10.9 Å². The molecule has 0 spiro atoms. The average molecular weight is 406 g/mol. The monoisotopic (exact) mass is 404 g/mol. The summed E-state index contributed by atoms with van der Waals surface area (Å²) in [7, 11) is 0. The van der Waals surface area contributed by atoms with E-state index in [-0.39, 0.29) is 5.91 Å². The largest absolute Gasteiger partial charge is 0.441 e. The van der Waals surface area contributed by atoms with Gasteiger partial charge in [0, 0.05) is 33.6 Å². The van der Waals surface area contributed by atoms with Gasteiger partial charge in [-0.15, -0.1) is 0 Å². The summed E-state index contributed by atoms with van der Waals surface area (Å²) in [5, 5.41) is 3.51. The first-order valence-electron chi connectivity index (χ1n) is 7.36. The van der Waals surface area contributed by atoms with Crippen molar-refractivity contribution in [2.75, 3.05) is 5.32 Å². The second-order valence-electron chi connectivity index (χ2n) is 5.18. The third-order valence-corrected chi connectivity index (χ3v) is 4.16. The quantitative estimate of drug-likeness (QED) is 0.624. The number of anilines is 1. The first-order chi connectivity index (χ1) is 11.6. The number of halogens is 2. The van der Waals surface area contributed by atoms with Gasteiger partial charge in [0.2, 0.25) is 5.91 Å². The molecule has 0 radical (unpaired) electrons. The van der Waals surface area contributed by atoms with E-state index in [0.29, 0.717) is 29.5 Å². The molecule has 0 aliphatic carbocycles. The summed E-state index contributed by atoms with van der Waals surface area (Å²) in [5.74, 6) is 1.12. The van der Waals surface area contributed by atoms with Crippen LogP contribution in [0.15, 0.2) is 63.6 Å². The minimum absolute atomic E-state index is 0.0800. The number of benzene rings is 2. The summed E-state index contributed by atoms with van der Waals surface area (Å²) < 4.78 is 6.65. The molecule has 4 nitrogen and oxygen atoms in total. The molecule has 2 aromatic carbocycles. The number of nitrogens with one attached hydrogen (secondary N) is 1. The maximum Gasteiger partial charge on any atom is 0.224 e. The molecule has 0 aliphatic rings. The summed E-state index contributed by atoms with van der Waals surface area (Å²) in [6, 6.07) is 14.8. The fraction of sp³-hybridized carbons (Fsp3) is 0.111. The van der Waals surface area contributed by atoms with Crippen molar-refractivity contribution >= 4 is 39.1 Å². The van der Waals surface area contributed by atoms with Gasteiger partial charge in [-0.25, -0.2) is 4.98 Å². The van der Waals surface area contributed by atoms with Gasteiger partial charge in [-0.2, -0.15) is 0 Å². The molecule has 0 saturated heterocycles. The van der Waals surface area contributed by atoms with Crippen molar-refractivity contribution in [2.45, 2.75) is 12.8 Å². The predicted molar refractivity (Wildman–Crippen MR) is 98.0 cm³/mol. The molecule has 3 rings (SSSR count). The van der Waals surface area contributed by atoms with Crippen molar-refractivity contribution < 1.29 is 9.21 Å². The van der Waals surface area contributed by atoms with Crippen molar-refractivity contribution in [1.29, 1.82) is 0 Å². The Morgan fingerprint density at radius 1 is 1.12 bits per heavy atom. The van der Waals surface area contributed by atoms with Crippen molar-refractivity contribution in [3.63, 3.8) is 0 Å². The van der Waals surface area contributed by atoms with Gasteiger partial charge in [0.25, 0.3) is 0 Å². The standard InChI is InChI=1S/C18H14BrClN2O2/c19-13-3-7-15(8-4-13)22-17(23)9-10-18-21-11-16(24-18)12-1-5-14(20)6-2-12/h1-8,11H,9-10H2,(H,22,23). The van der Waals surface area contributed by atoms with E-state index >= 15 is 0 Å². The number of amides is 1. The van der Waals surface area contributed by atoms with Crippen LogP contribution in [0.5, 0.6) is 0 Å². The van der Waals surface area contributed by atoms with Gasteiger partial charge < -0.3 is 9.73 Å². The lowest BCUT2D eigenvalue weighted by molar-refractivity contribution is -0.116. The highest BCUT2D eigenvalue weighted by Crippen LogP contribution is 2.22. The van der Waals surface area contributed by atoms with Crippen LogP contribution in [0, 0.1) is 0 Å². The minimum Gasteiger partial charge on any atom is -0.441 e. The van der Waals surface area contributed by atoms with Gasteiger partial charge in [0.1, 0.15) is 0 Å². The SMILES string of the molecule is O=C(CCc1ncc(-c2ccc(Cl)cc2)o1)Nc1ccc(Br)cc1. The Morgan fingerprint density at radius 3 is 2.54 bits per heavy atom. The molecule has 1 heterocycles. The number of oxazole rings is 1. The zero-order valence-electron chi connectivity index (χ0n) is 12.6. The van der Waals surface area contributed by atoms with Crippen LogP contribution < -0.4 is 5.32 Å². The lowest BCUT2D eigenvalue weighted by Gasteiger charge is -2.04. The van der Waals surface area contributed by atoms with Gasteiger partial charge in [-0.3, -0.25) is 4.79 Å². The molecule has 0 aliphatic heterocycles. The number of carbonyl (C=O) groups excluding carboxylic acids is 1. The van der Waals surface area contributed by atoms with Gasteiger partial charge in [-0.05, 0) is 48.5 Å². The summed E-state index contributed by atoms with van der Waals surface area (Å²) in [4.78, 5) is 16.2. The van der Waals surface area contributed by atoms with E-state index in [9.17, 15) is 4.79 Å². The molecule has 24 heavy (non-hydrogen) atoms. The number of carbonyl (C=O) groups is 1. The molecule has 0 fully saturated rings. The molecular weight excluding hydrogens is 392 g/mol. The highest BCUT2D eigenvalue weighted by molar-refractivity contribution is 9.10. The summed E-state index contributed by atoms with van der Waals surface area (Å²) in [6.45, 7) is 0. The molecule has 1 N–H and O–H groups in total. The molecule has 0 unspecified atom stereocenters. The third-order valence-electron chi connectivity index (χ3n) is 3.38. The Morgan fingerprint density at radius 2 is 1.83 bits per heavy atom. The van der Waals surface area contributed by atoms with E-state index in [1.54, 1.807) is 18.3 Å². The second-order valence-corrected chi connectivity index (χ2v) is 6.53. The maximum atomic E-state index is 12.0. The maximum absolute atomic E-state index is 12.0. The molecular formula is C18H14BrClN2O2. The number of aromatic nitrogens is 1. The van der Waals surface area contributed by atoms with E-state index < -0.39 is 0 Å². The first-order valence-corrected chi connectivity index (χ1v) is 8.53. The number of hydrogen-bond acceptors (Lipinski definition) is 3. The Kier molecular flexibility index (Phi) is 5.33. The number of aryl methyl sites for hydroxylation is 1. The fourth-order valence-electron chi connectivity index (χ4n) is 2.15. The second kappa shape index (κ2) is 7.64. The molecule has 1 aromatic heterocycles. The van der Waals surface area contributed by atoms with E-state index in [2.05, 4.69) is 26.2 Å². The smallest absolute Gasteiger partial charge is 0.224 e. The van der Waals surface area contributed by atoms with Crippen molar-refractivity contribution in [1.82, 2.24) is 4.98 Å². The predicted octanol–water partition coefficient (Wildman–Crippen LogP) is 5.33. The van der Waals surface area contributed by atoms with E-state index in [1.807, 2.05) is 36.4 Å². The number of nitrogens with zero attached hydrogens (tertiary/aromatic N) is 1. The van der Waals surface area contributed by atoms with E-state index in [0.717, 1.165) is 15.7 Å². The molecule has 1 amide bonds. The van der Waals surface area contributed by atoms with E-state index in [1.165, 1.54) is 0 Å². The van der Waals surface area contributed by atoms with Gasteiger partial charge in [0.15, 0.2) is 11.7 Å². The van der Waals surface area contributed by atoms with Crippen LogP contribution >= 0.6 is 27.5 Å². The summed E-state index contributed by atoms with van der Waals surface area (Å²) in [5.41, 5.74) is 1.66. The van der Waals surface area contributed by atoms with Crippen LogP contribution in [0.3, 0.4) is 0 Å². The fourth-order valence-corrected chi connectivity index (χ4v) is 2.54. The van der Waals surface area contributed by atoms with Crippen molar-refractivity contribution in [3.8, 4) is 11.3 Å². The minimum atomic E-state index is -0.0800. The molecule has 6 heteroatoms. The number of rotatable bonds is 5. The topological polar surface area (TPSA) is 55.1 Å². The molecule has 122 valence electrons. The van der Waals surface area contributed by atoms with Gasteiger partial charge >= 0.3 is 0 Å². The zero-order valence-corrected chi connectivity index (χ0v) is 15.0. The van der Waals surface area contributed by atoms with Crippen LogP contribution in [0.2, 0.25) is 5.02 Å². The van der Waals surface area contributed by atoms with Crippen LogP contribution in [0.4, 0.5) is 5.69 Å². The van der Waals surface area contributed by atoms with Gasteiger partial charge in [0.05, 0.1) is 6.20 Å². The van der Waals surface area contributed by atoms with Crippen LogP contribution in [0.1, 0.15) is 12.3 Å². The average Bonchev–Trinajstić information content (AvgIpc) is 3.05. The summed E-state index contributed by atoms with van der Waals surface area (Å²) in [6.07, 6.45) is 2.40. The Labute approximate surface area is 153 Å². The Hall–Kier alpha value is -2.11. The first kappa shape index (κ1) is 16.7. The van der Waals surface area contributed by atoms with E-state index in [4.69, 9.17) is 16.0 Å². The Bertz CT molecular complexity index is 829. The lowest BCUT2D eigenvalue weighted by Crippen LogP contribution is -2.12.